The molecule has 1 aromatic carbocycles. The summed E-state index contributed by atoms with van der Waals surface area (Å²) in [5.74, 6) is -1.15. The van der Waals surface area contributed by atoms with Gasteiger partial charge < -0.3 is 14.6 Å². The van der Waals surface area contributed by atoms with E-state index < -0.39 is 28.5 Å². The summed E-state index contributed by atoms with van der Waals surface area (Å²) in [5.41, 5.74) is 2.47. The van der Waals surface area contributed by atoms with Crippen LogP contribution in [-0.2, 0) is 19.6 Å². The number of carbonyl (C=O) groups excluding carboxylic acids is 2. The maximum absolute atomic E-state index is 13.3. The summed E-state index contributed by atoms with van der Waals surface area (Å²) in [7, 11) is -2.19. The molecule has 1 N–H and O–H groups in total. The summed E-state index contributed by atoms with van der Waals surface area (Å²) in [6, 6.07) is 8.51. The Hall–Kier alpha value is -2.65. The Labute approximate surface area is 201 Å². The second-order valence-electron chi connectivity index (χ2n) is 9.32. The minimum atomic E-state index is -3.79. The van der Waals surface area contributed by atoms with E-state index in [0.29, 0.717) is 11.6 Å². The van der Waals surface area contributed by atoms with E-state index in [2.05, 4.69) is 9.88 Å². The van der Waals surface area contributed by atoms with Crippen molar-refractivity contribution >= 4 is 27.6 Å². The molecule has 1 aromatic heterocycles. The van der Waals surface area contributed by atoms with Crippen LogP contribution in [0.5, 0.6) is 0 Å². The highest BCUT2D eigenvalue weighted by Gasteiger charge is 2.31. The van der Waals surface area contributed by atoms with Gasteiger partial charge >= 0.3 is 5.97 Å². The first-order valence-corrected chi connectivity index (χ1v) is 13.4. The van der Waals surface area contributed by atoms with Crippen LogP contribution in [-0.4, -0.2) is 48.9 Å². The first-order chi connectivity index (χ1) is 16.2. The Bertz CT molecular complexity index is 1180. The topological polar surface area (TPSA) is 97.7 Å². The van der Waals surface area contributed by atoms with Crippen LogP contribution in [0.3, 0.4) is 0 Å². The zero-order valence-electron chi connectivity index (χ0n) is 20.0. The number of para-hydroxylation sites is 1. The molecule has 0 bridgehead atoms. The van der Waals surface area contributed by atoms with Crippen molar-refractivity contribution in [2.75, 3.05) is 19.0 Å². The maximum atomic E-state index is 13.3. The molecule has 0 saturated heterocycles. The van der Waals surface area contributed by atoms with Crippen molar-refractivity contribution in [3.8, 4) is 0 Å². The summed E-state index contributed by atoms with van der Waals surface area (Å²) in [6.45, 7) is 3.33. The fourth-order valence-electron chi connectivity index (χ4n) is 4.86. The summed E-state index contributed by atoms with van der Waals surface area (Å²) in [6.07, 6.45) is 7.02. The predicted octanol–water partition coefficient (Wildman–Crippen LogP) is 4.19. The van der Waals surface area contributed by atoms with E-state index in [4.69, 9.17) is 4.74 Å². The number of aromatic nitrogens is 1. The highest BCUT2D eigenvalue weighted by Crippen LogP contribution is 2.38. The van der Waals surface area contributed by atoms with E-state index in [0.717, 1.165) is 56.3 Å². The van der Waals surface area contributed by atoms with Crippen molar-refractivity contribution in [1.29, 1.82) is 0 Å². The molecule has 4 rings (SSSR count). The van der Waals surface area contributed by atoms with Crippen molar-refractivity contribution in [3.63, 3.8) is 0 Å². The number of benzene rings is 1. The van der Waals surface area contributed by atoms with Crippen molar-refractivity contribution in [3.05, 3.63) is 47.3 Å². The number of nitrogens with zero attached hydrogens (tertiary/aromatic N) is 2. The van der Waals surface area contributed by atoms with Crippen LogP contribution >= 0.6 is 0 Å². The first-order valence-electron chi connectivity index (χ1n) is 11.9. The van der Waals surface area contributed by atoms with E-state index in [1.54, 1.807) is 31.3 Å². The lowest BCUT2D eigenvalue weighted by Crippen LogP contribution is -2.38. The lowest BCUT2D eigenvalue weighted by Gasteiger charge is -2.30. The number of carbonyl (C=O) groups is 2. The number of anilines is 1. The zero-order chi connectivity index (χ0) is 24.5. The smallest absolute Gasteiger partial charge is 0.340 e. The molecule has 0 unspecified atom stereocenters. The van der Waals surface area contributed by atoms with Gasteiger partial charge in [-0.3, -0.25) is 4.79 Å². The average molecular weight is 488 g/mol. The Morgan fingerprint density at radius 3 is 2.44 bits per heavy atom. The van der Waals surface area contributed by atoms with E-state index in [9.17, 15) is 18.0 Å². The van der Waals surface area contributed by atoms with Crippen LogP contribution in [0, 0.1) is 13.8 Å². The minimum absolute atomic E-state index is 0.0377. The lowest BCUT2D eigenvalue weighted by molar-refractivity contribution is -0.119. The molecule has 2 fully saturated rings. The maximum Gasteiger partial charge on any atom is 0.340 e. The molecule has 9 heteroatoms. The summed E-state index contributed by atoms with van der Waals surface area (Å²) in [5, 5.41) is 2.61. The van der Waals surface area contributed by atoms with Crippen LogP contribution in [0.4, 0.5) is 5.69 Å². The summed E-state index contributed by atoms with van der Waals surface area (Å²) < 4.78 is 35.4. The number of sulfonamides is 1. The molecule has 0 aliphatic heterocycles. The van der Waals surface area contributed by atoms with Gasteiger partial charge in [-0.2, -0.15) is 4.31 Å². The summed E-state index contributed by atoms with van der Waals surface area (Å²) in [4.78, 5) is 25.2. The number of aryl methyl sites for hydroxylation is 1. The second kappa shape index (κ2) is 9.92. The number of amides is 1. The number of hydrogen-bond acceptors (Lipinski definition) is 5. The van der Waals surface area contributed by atoms with Crippen LogP contribution in [0.15, 0.2) is 35.2 Å². The molecule has 0 atom stereocenters. The van der Waals surface area contributed by atoms with Crippen molar-refractivity contribution < 1.29 is 22.7 Å². The number of esters is 1. The van der Waals surface area contributed by atoms with Gasteiger partial charge in [0.1, 0.15) is 4.90 Å². The van der Waals surface area contributed by atoms with E-state index in [1.807, 2.05) is 13.8 Å². The van der Waals surface area contributed by atoms with Gasteiger partial charge in [0, 0.05) is 30.5 Å². The molecule has 0 spiro atoms. The molecule has 8 nitrogen and oxygen atoms in total. The van der Waals surface area contributed by atoms with Gasteiger partial charge in [0.15, 0.2) is 6.61 Å². The fourth-order valence-corrected chi connectivity index (χ4v) is 6.43. The molecular weight excluding hydrogens is 454 g/mol. The van der Waals surface area contributed by atoms with Crippen LogP contribution in [0.1, 0.15) is 72.7 Å². The molecule has 2 aromatic rings. The van der Waals surface area contributed by atoms with Crippen LogP contribution in [0.2, 0.25) is 0 Å². The third-order valence-corrected chi connectivity index (χ3v) is 8.83. The van der Waals surface area contributed by atoms with Gasteiger partial charge in [-0.1, -0.05) is 31.4 Å². The third kappa shape index (κ3) is 5.05. The standard InChI is InChI=1S/C25H33N3O5S/c1-17-15-21(18(2)28(17)20-13-14-20)25(30)33-16-24(29)26-22-11-7-8-12-23(22)34(31,32)27(3)19-9-5-4-6-10-19/h7-8,11-12,15,19-20H,4-6,9-10,13-14,16H2,1-3H3,(H,26,29). The predicted molar refractivity (Wildman–Crippen MR) is 129 cm³/mol. The molecule has 2 aliphatic carbocycles. The van der Waals surface area contributed by atoms with Crippen LogP contribution in [0.25, 0.3) is 0 Å². The number of ether oxygens (including phenoxy) is 1. The average Bonchev–Trinajstić information content (AvgIpc) is 3.61. The molecule has 184 valence electrons. The van der Waals surface area contributed by atoms with E-state index in [1.165, 1.54) is 10.4 Å². The van der Waals surface area contributed by atoms with Gasteiger partial charge in [0.2, 0.25) is 10.0 Å². The minimum Gasteiger partial charge on any atom is -0.452 e. The van der Waals surface area contributed by atoms with Gasteiger partial charge in [-0.15, -0.1) is 0 Å². The third-order valence-electron chi connectivity index (χ3n) is 6.86. The zero-order valence-corrected chi connectivity index (χ0v) is 20.9. The molecule has 1 heterocycles. The lowest BCUT2D eigenvalue weighted by atomic mass is 9.96. The molecule has 1 amide bonds. The largest absolute Gasteiger partial charge is 0.452 e. The second-order valence-corrected chi connectivity index (χ2v) is 11.3. The molecular formula is C25H33N3O5S. The Balaban J connectivity index is 1.42. The van der Waals surface area contributed by atoms with Gasteiger partial charge in [0.25, 0.3) is 5.91 Å². The molecule has 34 heavy (non-hydrogen) atoms. The number of rotatable bonds is 8. The molecule has 2 aliphatic rings. The quantitative estimate of drug-likeness (QED) is 0.563. The van der Waals surface area contributed by atoms with E-state index >= 15 is 0 Å². The van der Waals surface area contributed by atoms with Crippen molar-refractivity contribution in [2.24, 2.45) is 0 Å². The van der Waals surface area contributed by atoms with Crippen molar-refractivity contribution in [2.45, 2.75) is 75.8 Å². The van der Waals surface area contributed by atoms with Gasteiger partial charge in [-0.25, -0.2) is 13.2 Å². The van der Waals surface area contributed by atoms with Crippen molar-refractivity contribution in [1.82, 2.24) is 8.87 Å². The molecule has 0 radical (unpaired) electrons. The fraction of sp³-hybridized carbons (Fsp3) is 0.520. The number of nitrogens with one attached hydrogen (secondary N) is 1. The SMILES string of the molecule is Cc1cc(C(=O)OCC(=O)Nc2ccccc2S(=O)(=O)N(C)C2CCCCC2)c(C)n1C1CC1. The monoisotopic (exact) mass is 487 g/mol. The first kappa shape index (κ1) is 24.5. The Morgan fingerprint density at radius 1 is 1.09 bits per heavy atom. The van der Waals surface area contributed by atoms with E-state index in [-0.39, 0.29) is 16.6 Å². The molecule has 2 saturated carbocycles. The normalized spacial score (nSPS) is 17.1. The Morgan fingerprint density at radius 2 is 1.76 bits per heavy atom. The van der Waals surface area contributed by atoms with Crippen LogP contribution < -0.4 is 5.32 Å². The Kier molecular flexibility index (Phi) is 7.14. The van der Waals surface area contributed by atoms with Gasteiger partial charge in [-0.05, 0) is 57.7 Å². The highest BCUT2D eigenvalue weighted by atomic mass is 32.2. The number of hydrogen-bond donors (Lipinski definition) is 1. The summed E-state index contributed by atoms with van der Waals surface area (Å²) >= 11 is 0. The van der Waals surface area contributed by atoms with Gasteiger partial charge in [0.05, 0.1) is 11.3 Å². The highest BCUT2D eigenvalue weighted by molar-refractivity contribution is 7.89.